The van der Waals surface area contributed by atoms with Gasteiger partial charge in [-0.15, -0.1) is 0 Å². The summed E-state index contributed by atoms with van der Waals surface area (Å²) in [6, 6.07) is 9.38. The number of nitrogens with one attached hydrogen (secondary N) is 1. The number of esters is 1. The minimum absolute atomic E-state index is 0.0490. The van der Waals surface area contributed by atoms with Crippen LogP contribution in [0.3, 0.4) is 0 Å². The molecule has 0 unspecified atom stereocenters. The van der Waals surface area contributed by atoms with E-state index < -0.39 is 36.2 Å². The molecule has 0 aromatic heterocycles. The standard InChI is InChI=1S/C17H13F2NO5/c18-10-5-11(19)7-12(6-10)20-16(21)9-24-17(22)15-8-23-13-3-1-2-4-14(13)25-15/h1-7,15H,8-9H2,(H,20,21)/t15-/m0/s1. The monoisotopic (exact) mass is 349 g/mol. The van der Waals surface area contributed by atoms with Gasteiger partial charge in [-0.25, -0.2) is 13.6 Å². The molecule has 1 atom stereocenters. The number of hydrogen-bond acceptors (Lipinski definition) is 5. The van der Waals surface area contributed by atoms with E-state index in [1.165, 1.54) is 0 Å². The fraction of sp³-hybridized carbons (Fsp3) is 0.176. The molecule has 2 aromatic rings. The first-order valence-electron chi connectivity index (χ1n) is 7.32. The van der Waals surface area contributed by atoms with Gasteiger partial charge in [0.25, 0.3) is 5.91 Å². The maximum atomic E-state index is 13.0. The number of carbonyl (C=O) groups is 2. The summed E-state index contributed by atoms with van der Waals surface area (Å²) in [7, 11) is 0. The third-order valence-corrected chi connectivity index (χ3v) is 3.26. The number of amides is 1. The molecule has 0 aliphatic carbocycles. The molecule has 0 fully saturated rings. The van der Waals surface area contributed by atoms with Gasteiger partial charge in [-0.3, -0.25) is 4.79 Å². The van der Waals surface area contributed by atoms with E-state index in [9.17, 15) is 18.4 Å². The topological polar surface area (TPSA) is 73.9 Å². The van der Waals surface area contributed by atoms with Crippen LogP contribution in [0.15, 0.2) is 42.5 Å². The summed E-state index contributed by atoms with van der Waals surface area (Å²) >= 11 is 0. The van der Waals surface area contributed by atoms with Gasteiger partial charge in [-0.2, -0.15) is 0 Å². The van der Waals surface area contributed by atoms with E-state index in [0.717, 1.165) is 12.1 Å². The second-order valence-corrected chi connectivity index (χ2v) is 5.18. The summed E-state index contributed by atoms with van der Waals surface area (Å²) in [5.41, 5.74) is -0.0790. The van der Waals surface area contributed by atoms with Crippen LogP contribution in [0.1, 0.15) is 0 Å². The predicted octanol–water partition coefficient (Wildman–Crippen LogP) is 2.29. The number of ether oxygens (including phenoxy) is 3. The van der Waals surface area contributed by atoms with Gasteiger partial charge in [-0.1, -0.05) is 12.1 Å². The van der Waals surface area contributed by atoms with Gasteiger partial charge in [0, 0.05) is 11.8 Å². The lowest BCUT2D eigenvalue weighted by molar-refractivity contribution is -0.156. The largest absolute Gasteiger partial charge is 0.485 e. The van der Waals surface area contributed by atoms with Crippen molar-refractivity contribution in [1.29, 1.82) is 0 Å². The van der Waals surface area contributed by atoms with Gasteiger partial charge in [0.1, 0.15) is 18.2 Å². The lowest BCUT2D eigenvalue weighted by Crippen LogP contribution is -2.39. The Morgan fingerprint density at radius 2 is 1.80 bits per heavy atom. The molecule has 0 saturated carbocycles. The van der Waals surface area contributed by atoms with E-state index in [1.54, 1.807) is 24.3 Å². The molecule has 130 valence electrons. The van der Waals surface area contributed by atoms with Gasteiger partial charge in [0.15, 0.2) is 18.1 Å². The second-order valence-electron chi connectivity index (χ2n) is 5.18. The zero-order valence-corrected chi connectivity index (χ0v) is 12.8. The Hall–Kier alpha value is -3.16. The highest BCUT2D eigenvalue weighted by atomic mass is 19.1. The molecule has 25 heavy (non-hydrogen) atoms. The number of benzene rings is 2. The molecule has 0 saturated heterocycles. The quantitative estimate of drug-likeness (QED) is 0.858. The third-order valence-electron chi connectivity index (χ3n) is 3.26. The average molecular weight is 349 g/mol. The molecule has 1 aliphatic heterocycles. The van der Waals surface area contributed by atoms with Gasteiger partial charge in [0.2, 0.25) is 6.10 Å². The molecule has 8 heteroatoms. The molecule has 1 heterocycles. The minimum Gasteiger partial charge on any atom is -0.485 e. The van der Waals surface area contributed by atoms with E-state index in [-0.39, 0.29) is 12.3 Å². The zero-order valence-electron chi connectivity index (χ0n) is 12.8. The Kier molecular flexibility index (Phi) is 4.78. The smallest absolute Gasteiger partial charge is 0.351 e. The molecule has 2 aromatic carbocycles. The Balaban J connectivity index is 1.51. The SMILES string of the molecule is O=C(COC(=O)[C@@H]1COc2ccccc2O1)Nc1cc(F)cc(F)c1. The van der Waals surface area contributed by atoms with Crippen LogP contribution < -0.4 is 14.8 Å². The molecular formula is C17H13F2NO5. The molecule has 1 amide bonds. The van der Waals surface area contributed by atoms with Crippen molar-refractivity contribution in [2.45, 2.75) is 6.10 Å². The lowest BCUT2D eigenvalue weighted by Gasteiger charge is -2.24. The van der Waals surface area contributed by atoms with Gasteiger partial charge in [0.05, 0.1) is 0 Å². The fourth-order valence-electron chi connectivity index (χ4n) is 2.19. The Labute approximate surface area is 141 Å². The van der Waals surface area contributed by atoms with Crippen LogP contribution in [-0.4, -0.2) is 31.2 Å². The summed E-state index contributed by atoms with van der Waals surface area (Å²) in [6.45, 7) is -0.676. The lowest BCUT2D eigenvalue weighted by atomic mass is 10.2. The van der Waals surface area contributed by atoms with E-state index in [1.807, 2.05) is 0 Å². The number of fused-ring (bicyclic) bond motifs is 1. The van der Waals surface area contributed by atoms with Crippen LogP contribution in [0, 0.1) is 11.6 Å². The van der Waals surface area contributed by atoms with Crippen molar-refractivity contribution >= 4 is 17.6 Å². The summed E-state index contributed by atoms with van der Waals surface area (Å²) < 4.78 is 41.8. The van der Waals surface area contributed by atoms with Crippen LogP contribution in [0.4, 0.5) is 14.5 Å². The van der Waals surface area contributed by atoms with Crippen LogP contribution in [-0.2, 0) is 14.3 Å². The first-order valence-corrected chi connectivity index (χ1v) is 7.32. The van der Waals surface area contributed by atoms with Crippen LogP contribution in [0.2, 0.25) is 0 Å². The van der Waals surface area contributed by atoms with E-state index in [0.29, 0.717) is 17.6 Å². The van der Waals surface area contributed by atoms with Gasteiger partial charge >= 0.3 is 5.97 Å². The second kappa shape index (κ2) is 7.16. The average Bonchev–Trinajstić information content (AvgIpc) is 2.58. The van der Waals surface area contributed by atoms with Crippen LogP contribution in [0.5, 0.6) is 11.5 Å². The highest BCUT2D eigenvalue weighted by Gasteiger charge is 2.29. The number of anilines is 1. The Morgan fingerprint density at radius 3 is 2.52 bits per heavy atom. The molecule has 6 nitrogen and oxygen atoms in total. The Bertz CT molecular complexity index is 791. The first-order chi connectivity index (χ1) is 12.0. The predicted molar refractivity (Wildman–Crippen MR) is 82.3 cm³/mol. The Morgan fingerprint density at radius 1 is 1.12 bits per heavy atom. The van der Waals surface area contributed by atoms with E-state index in [4.69, 9.17) is 14.2 Å². The number of para-hydroxylation sites is 2. The summed E-state index contributed by atoms with van der Waals surface area (Å²) in [5, 5.41) is 2.23. The van der Waals surface area contributed by atoms with E-state index >= 15 is 0 Å². The molecule has 0 spiro atoms. The van der Waals surface area contributed by atoms with Crippen molar-refractivity contribution in [1.82, 2.24) is 0 Å². The van der Waals surface area contributed by atoms with E-state index in [2.05, 4.69) is 5.32 Å². The normalized spacial score (nSPS) is 15.4. The maximum Gasteiger partial charge on any atom is 0.351 e. The van der Waals surface area contributed by atoms with Crippen LogP contribution in [0.25, 0.3) is 0 Å². The highest BCUT2D eigenvalue weighted by Crippen LogP contribution is 2.31. The zero-order chi connectivity index (χ0) is 17.8. The third kappa shape index (κ3) is 4.23. The first kappa shape index (κ1) is 16.7. The summed E-state index contributed by atoms with van der Waals surface area (Å²) in [5.74, 6) is -2.28. The fourth-order valence-corrected chi connectivity index (χ4v) is 2.19. The number of hydrogen-bond donors (Lipinski definition) is 1. The number of rotatable bonds is 4. The highest BCUT2D eigenvalue weighted by molar-refractivity contribution is 5.93. The minimum atomic E-state index is -1.01. The molecule has 0 bridgehead atoms. The number of carbonyl (C=O) groups excluding carboxylic acids is 2. The van der Waals surface area contributed by atoms with Crippen molar-refractivity contribution in [3.63, 3.8) is 0 Å². The molecule has 3 rings (SSSR count). The van der Waals surface area contributed by atoms with Gasteiger partial charge < -0.3 is 19.5 Å². The maximum absolute atomic E-state index is 13.0. The van der Waals surface area contributed by atoms with Crippen molar-refractivity contribution in [2.24, 2.45) is 0 Å². The molecular weight excluding hydrogens is 336 g/mol. The van der Waals surface area contributed by atoms with Crippen molar-refractivity contribution < 1.29 is 32.6 Å². The van der Waals surface area contributed by atoms with Crippen LogP contribution >= 0.6 is 0 Å². The van der Waals surface area contributed by atoms with Crippen molar-refractivity contribution in [2.75, 3.05) is 18.5 Å². The van der Waals surface area contributed by atoms with Crippen molar-refractivity contribution in [3.8, 4) is 11.5 Å². The molecule has 1 N–H and O–H groups in total. The van der Waals surface area contributed by atoms with Crippen molar-refractivity contribution in [3.05, 3.63) is 54.1 Å². The summed E-state index contributed by atoms with van der Waals surface area (Å²) in [6.07, 6.45) is -1.01. The number of halogens is 2. The van der Waals surface area contributed by atoms with Gasteiger partial charge in [-0.05, 0) is 24.3 Å². The molecule has 1 aliphatic rings. The molecule has 0 radical (unpaired) electrons. The summed E-state index contributed by atoms with van der Waals surface area (Å²) in [4.78, 5) is 23.7.